The van der Waals surface area contributed by atoms with Crippen molar-refractivity contribution < 1.29 is 19.1 Å². The predicted molar refractivity (Wildman–Crippen MR) is 102 cm³/mol. The molecule has 2 aromatic carbocycles. The largest absolute Gasteiger partial charge is 0.452 e. The zero-order valence-electron chi connectivity index (χ0n) is 15.5. The van der Waals surface area contributed by atoms with E-state index in [0.717, 1.165) is 12.0 Å². The van der Waals surface area contributed by atoms with Gasteiger partial charge in [-0.15, -0.1) is 0 Å². The first-order valence-electron chi connectivity index (χ1n) is 8.92. The first-order chi connectivity index (χ1) is 13.0. The summed E-state index contributed by atoms with van der Waals surface area (Å²) in [6.45, 7) is 3.54. The van der Waals surface area contributed by atoms with Crippen molar-refractivity contribution in [3.63, 3.8) is 0 Å². The number of hydrogen-bond acceptors (Lipinski definition) is 4. The summed E-state index contributed by atoms with van der Waals surface area (Å²) >= 11 is 0. The van der Waals surface area contributed by atoms with E-state index in [1.807, 2.05) is 24.3 Å². The van der Waals surface area contributed by atoms with Crippen LogP contribution in [0.2, 0.25) is 0 Å². The summed E-state index contributed by atoms with van der Waals surface area (Å²) in [4.78, 5) is 35.7. The number of amides is 2. The summed E-state index contributed by atoms with van der Waals surface area (Å²) < 4.78 is 5.11. The van der Waals surface area contributed by atoms with E-state index in [1.54, 1.807) is 30.3 Å². The molecule has 0 radical (unpaired) electrons. The van der Waals surface area contributed by atoms with Crippen LogP contribution in [0.3, 0.4) is 0 Å². The summed E-state index contributed by atoms with van der Waals surface area (Å²) in [7, 11) is 0. The number of rotatable bonds is 7. The van der Waals surface area contributed by atoms with Gasteiger partial charge in [0.15, 0.2) is 6.10 Å². The van der Waals surface area contributed by atoms with E-state index in [4.69, 9.17) is 4.74 Å². The average molecular weight is 368 g/mol. The number of benzene rings is 2. The molecule has 0 unspecified atom stereocenters. The fraction of sp³-hybridized carbons (Fsp3) is 0.286. The van der Waals surface area contributed by atoms with Crippen LogP contribution >= 0.6 is 0 Å². The number of ether oxygens (including phenoxy) is 1. The molecular weight excluding hydrogens is 344 g/mol. The van der Waals surface area contributed by atoms with Crippen LogP contribution in [-0.2, 0) is 27.2 Å². The Morgan fingerprint density at radius 3 is 2.19 bits per heavy atom. The smallest absolute Gasteiger partial charge is 0.306 e. The molecule has 142 valence electrons. The van der Waals surface area contributed by atoms with Crippen LogP contribution in [-0.4, -0.2) is 23.9 Å². The van der Waals surface area contributed by atoms with Crippen LogP contribution < -0.4 is 10.9 Å². The molecule has 6 nitrogen and oxygen atoms in total. The van der Waals surface area contributed by atoms with Gasteiger partial charge in [-0.1, -0.05) is 49.4 Å². The molecule has 0 saturated carbocycles. The van der Waals surface area contributed by atoms with Gasteiger partial charge in [0.2, 0.25) is 0 Å². The minimum absolute atomic E-state index is 0.180. The Morgan fingerprint density at radius 1 is 0.926 bits per heavy atom. The summed E-state index contributed by atoms with van der Waals surface area (Å²) in [5.74, 6) is -1.51. The molecule has 27 heavy (non-hydrogen) atoms. The lowest BCUT2D eigenvalue weighted by Crippen LogP contribution is -2.46. The van der Waals surface area contributed by atoms with E-state index in [2.05, 4.69) is 17.8 Å². The minimum Gasteiger partial charge on any atom is -0.452 e. The number of nitrogens with one attached hydrogen (secondary N) is 2. The van der Waals surface area contributed by atoms with Crippen LogP contribution in [0.4, 0.5) is 0 Å². The fourth-order valence-electron chi connectivity index (χ4n) is 2.38. The lowest BCUT2D eigenvalue weighted by atomic mass is 10.1. The first-order valence-corrected chi connectivity index (χ1v) is 8.92. The maximum Gasteiger partial charge on any atom is 0.306 e. The van der Waals surface area contributed by atoms with Gasteiger partial charge < -0.3 is 4.74 Å². The van der Waals surface area contributed by atoms with Crippen molar-refractivity contribution in [2.24, 2.45) is 0 Å². The molecule has 0 aliphatic carbocycles. The number of esters is 1. The quantitative estimate of drug-likeness (QED) is 0.581. The molecule has 0 bridgehead atoms. The molecule has 0 aliphatic heterocycles. The zero-order chi connectivity index (χ0) is 19.6. The Balaban J connectivity index is 1.72. The molecule has 0 saturated heterocycles. The van der Waals surface area contributed by atoms with Crippen molar-refractivity contribution >= 4 is 17.8 Å². The Bertz CT molecular complexity index is 773. The van der Waals surface area contributed by atoms with E-state index < -0.39 is 23.9 Å². The van der Waals surface area contributed by atoms with E-state index >= 15 is 0 Å². The van der Waals surface area contributed by atoms with E-state index in [0.29, 0.717) is 12.0 Å². The van der Waals surface area contributed by atoms with Crippen molar-refractivity contribution in [2.45, 2.75) is 39.2 Å². The van der Waals surface area contributed by atoms with Gasteiger partial charge in [-0.25, -0.2) is 0 Å². The highest BCUT2D eigenvalue weighted by molar-refractivity contribution is 5.95. The average Bonchev–Trinajstić information content (AvgIpc) is 2.71. The Hall–Kier alpha value is -3.15. The van der Waals surface area contributed by atoms with E-state index in [1.165, 1.54) is 12.5 Å². The van der Waals surface area contributed by atoms with Crippen LogP contribution in [0.15, 0.2) is 54.6 Å². The highest BCUT2D eigenvalue weighted by Gasteiger charge is 2.18. The maximum absolute atomic E-state index is 12.0. The molecule has 1 atom stereocenters. The Morgan fingerprint density at radius 2 is 1.56 bits per heavy atom. The SMILES string of the molecule is CCc1ccc(CCC(=O)O[C@H](C)C(=O)NNC(=O)c2ccccc2)cc1. The summed E-state index contributed by atoms with van der Waals surface area (Å²) in [6.07, 6.45) is 0.688. The van der Waals surface area contributed by atoms with Gasteiger partial charge in [0.25, 0.3) is 11.8 Å². The van der Waals surface area contributed by atoms with Gasteiger partial charge in [-0.3, -0.25) is 25.2 Å². The second kappa shape index (κ2) is 10.1. The van der Waals surface area contributed by atoms with Crippen molar-refractivity contribution in [2.75, 3.05) is 0 Å². The Kier molecular flexibility index (Phi) is 7.55. The zero-order valence-corrected chi connectivity index (χ0v) is 15.5. The van der Waals surface area contributed by atoms with Crippen LogP contribution in [0.1, 0.15) is 41.8 Å². The molecule has 2 amide bonds. The number of carbonyl (C=O) groups excluding carboxylic acids is 3. The molecule has 6 heteroatoms. The second-order valence-corrected chi connectivity index (χ2v) is 6.11. The molecular formula is C21H24N2O4. The summed E-state index contributed by atoms with van der Waals surface area (Å²) in [6, 6.07) is 16.5. The molecule has 0 aliphatic rings. The first kappa shape index (κ1) is 20.2. The summed E-state index contributed by atoms with van der Waals surface area (Å²) in [5, 5.41) is 0. The van der Waals surface area contributed by atoms with Gasteiger partial charge in [-0.05, 0) is 43.0 Å². The van der Waals surface area contributed by atoms with Crippen LogP contribution in [0, 0.1) is 0 Å². The van der Waals surface area contributed by atoms with E-state index in [-0.39, 0.29) is 6.42 Å². The number of hydrazine groups is 1. The highest BCUT2D eigenvalue weighted by Crippen LogP contribution is 2.08. The van der Waals surface area contributed by atoms with Gasteiger partial charge >= 0.3 is 5.97 Å². The number of aryl methyl sites for hydroxylation is 2. The van der Waals surface area contributed by atoms with Crippen LogP contribution in [0.25, 0.3) is 0 Å². The van der Waals surface area contributed by atoms with Crippen molar-refractivity contribution in [3.8, 4) is 0 Å². The van der Waals surface area contributed by atoms with Crippen LogP contribution in [0.5, 0.6) is 0 Å². The lowest BCUT2D eigenvalue weighted by Gasteiger charge is -2.14. The summed E-state index contributed by atoms with van der Waals surface area (Å²) in [5.41, 5.74) is 7.24. The molecule has 0 aromatic heterocycles. The van der Waals surface area contributed by atoms with Gasteiger partial charge in [-0.2, -0.15) is 0 Å². The second-order valence-electron chi connectivity index (χ2n) is 6.11. The third-order valence-corrected chi connectivity index (χ3v) is 4.06. The molecule has 0 heterocycles. The molecule has 0 fully saturated rings. The maximum atomic E-state index is 12.0. The van der Waals surface area contributed by atoms with Gasteiger partial charge in [0, 0.05) is 12.0 Å². The topological polar surface area (TPSA) is 84.5 Å². The standard InChI is InChI=1S/C21H24N2O4/c1-3-16-9-11-17(12-10-16)13-14-19(24)27-15(2)20(25)22-23-21(26)18-7-5-4-6-8-18/h4-12,15H,3,13-14H2,1-2H3,(H,22,25)(H,23,26)/t15-/m1/s1. The van der Waals surface area contributed by atoms with Crippen molar-refractivity contribution in [3.05, 3.63) is 71.3 Å². The van der Waals surface area contributed by atoms with Gasteiger partial charge in [0.05, 0.1) is 0 Å². The third kappa shape index (κ3) is 6.58. The number of hydrogen-bond donors (Lipinski definition) is 2. The third-order valence-electron chi connectivity index (χ3n) is 4.06. The fourth-order valence-corrected chi connectivity index (χ4v) is 2.38. The normalized spacial score (nSPS) is 11.3. The molecule has 0 spiro atoms. The lowest BCUT2D eigenvalue weighted by molar-refractivity contribution is -0.155. The molecule has 2 N–H and O–H groups in total. The molecule has 2 aromatic rings. The van der Waals surface area contributed by atoms with Crippen molar-refractivity contribution in [1.82, 2.24) is 10.9 Å². The minimum atomic E-state index is -1.00. The predicted octanol–water partition coefficient (Wildman–Crippen LogP) is 2.57. The van der Waals surface area contributed by atoms with E-state index in [9.17, 15) is 14.4 Å². The monoisotopic (exact) mass is 368 g/mol. The highest BCUT2D eigenvalue weighted by atomic mass is 16.5. The van der Waals surface area contributed by atoms with Crippen molar-refractivity contribution in [1.29, 1.82) is 0 Å². The number of carbonyl (C=O) groups is 3. The van der Waals surface area contributed by atoms with Gasteiger partial charge in [0.1, 0.15) is 0 Å². The molecule has 2 rings (SSSR count). The Labute approximate surface area is 158 Å².